The van der Waals surface area contributed by atoms with Gasteiger partial charge in [0.1, 0.15) is 11.5 Å². The van der Waals surface area contributed by atoms with Crippen molar-refractivity contribution in [3.8, 4) is 34.5 Å². The lowest BCUT2D eigenvalue weighted by atomic mass is 9.88. The fourth-order valence-electron chi connectivity index (χ4n) is 4.14. The number of carbonyl (C=O) groups excluding carboxylic acids is 1. The minimum atomic E-state index is -1.14. The van der Waals surface area contributed by atoms with Gasteiger partial charge in [0.05, 0.1) is 39.9 Å². The molecule has 3 aromatic rings. The summed E-state index contributed by atoms with van der Waals surface area (Å²) < 4.78 is 32.4. The zero-order valence-corrected chi connectivity index (χ0v) is 19.8. The van der Waals surface area contributed by atoms with Gasteiger partial charge in [-0.25, -0.2) is 4.79 Å². The number of fused-ring (bicyclic) bond motifs is 1. The molecule has 2 aromatic carbocycles. The molecule has 4 rings (SSSR count). The van der Waals surface area contributed by atoms with Crippen LogP contribution in [0.2, 0.25) is 0 Å². The minimum Gasteiger partial charge on any atom is -0.504 e. The molecule has 0 fully saturated rings. The Balaban J connectivity index is 1.75. The van der Waals surface area contributed by atoms with Gasteiger partial charge in [0, 0.05) is 23.9 Å². The lowest BCUT2D eigenvalue weighted by Crippen LogP contribution is -2.35. The first-order valence-corrected chi connectivity index (χ1v) is 10.6. The first-order chi connectivity index (χ1) is 16.8. The van der Waals surface area contributed by atoms with Gasteiger partial charge in [-0.05, 0) is 24.6 Å². The quantitative estimate of drug-likeness (QED) is 0.521. The highest BCUT2D eigenvalue weighted by Crippen LogP contribution is 2.44. The maximum Gasteiger partial charge on any atom is 0.343 e. The number of nitrogens with one attached hydrogen (secondary N) is 1. The van der Waals surface area contributed by atoms with Crippen LogP contribution in [0.3, 0.4) is 0 Å². The number of amides is 1. The van der Waals surface area contributed by atoms with Gasteiger partial charge in [0.15, 0.2) is 29.1 Å². The Morgan fingerprint density at radius 2 is 1.60 bits per heavy atom. The van der Waals surface area contributed by atoms with Crippen LogP contribution in [0.25, 0.3) is 0 Å². The number of hydrogen-bond acceptors (Lipinski definition) is 9. The number of hydrogen-bond donors (Lipinski definition) is 2. The van der Waals surface area contributed by atoms with Crippen LogP contribution in [0.5, 0.6) is 34.5 Å². The molecule has 35 heavy (non-hydrogen) atoms. The van der Waals surface area contributed by atoms with E-state index in [-0.39, 0.29) is 22.8 Å². The summed E-state index contributed by atoms with van der Waals surface area (Å²) >= 11 is 0. The molecule has 1 amide bonds. The van der Waals surface area contributed by atoms with Gasteiger partial charge in [-0.2, -0.15) is 0 Å². The largest absolute Gasteiger partial charge is 0.504 e. The number of anilines is 1. The average Bonchev–Trinajstić information content (AvgIpc) is 3.23. The molecule has 1 aliphatic heterocycles. The Bertz CT molecular complexity index is 1310. The third-order valence-corrected chi connectivity index (χ3v) is 5.69. The number of carbonyl (C=O) groups is 1. The fraction of sp³-hybridized carbons (Fsp3) is 0.280. The molecule has 184 valence electrons. The van der Waals surface area contributed by atoms with Crippen LogP contribution < -0.4 is 34.6 Å². The summed E-state index contributed by atoms with van der Waals surface area (Å²) in [6.07, 6.45) is -1.14. The molecule has 10 nitrogen and oxygen atoms in total. The van der Waals surface area contributed by atoms with Crippen molar-refractivity contribution in [1.29, 1.82) is 0 Å². The van der Waals surface area contributed by atoms with Crippen LogP contribution in [0.4, 0.5) is 5.69 Å². The molecule has 0 radical (unpaired) electrons. The second-order valence-corrected chi connectivity index (χ2v) is 7.77. The molecule has 0 saturated carbocycles. The standard InChI is InChI=1S/C25H25NO9/c1-12-8-17-21(25(29)34-12)20(13-6-7-16(30-2)15(27)9-13)23(35-17)24(28)26-14-10-18(31-3)22(33-5)19(11-14)32-4/h6-11,20,23,27H,1-5H3,(H,26,28)/t20-,23+/m1/s1. The fourth-order valence-corrected chi connectivity index (χ4v) is 4.14. The highest BCUT2D eigenvalue weighted by atomic mass is 16.5. The van der Waals surface area contributed by atoms with Crippen molar-refractivity contribution in [2.24, 2.45) is 0 Å². The lowest BCUT2D eigenvalue weighted by molar-refractivity contribution is -0.122. The van der Waals surface area contributed by atoms with Gasteiger partial charge >= 0.3 is 5.63 Å². The summed E-state index contributed by atoms with van der Waals surface area (Å²) in [6, 6.07) is 9.34. The van der Waals surface area contributed by atoms with Crippen LogP contribution in [0, 0.1) is 6.92 Å². The van der Waals surface area contributed by atoms with Crippen molar-refractivity contribution in [3.63, 3.8) is 0 Å². The van der Waals surface area contributed by atoms with E-state index in [1.807, 2.05) is 0 Å². The van der Waals surface area contributed by atoms with Crippen molar-refractivity contribution >= 4 is 11.6 Å². The third-order valence-electron chi connectivity index (χ3n) is 5.69. The van der Waals surface area contributed by atoms with Crippen LogP contribution >= 0.6 is 0 Å². The van der Waals surface area contributed by atoms with Crippen molar-refractivity contribution in [1.82, 2.24) is 0 Å². The van der Waals surface area contributed by atoms with E-state index in [1.54, 1.807) is 37.3 Å². The molecule has 0 spiro atoms. The van der Waals surface area contributed by atoms with E-state index < -0.39 is 23.6 Å². The molecule has 2 atom stereocenters. The van der Waals surface area contributed by atoms with Crippen molar-refractivity contribution in [2.75, 3.05) is 33.8 Å². The lowest BCUT2D eigenvalue weighted by Gasteiger charge is -2.20. The van der Waals surface area contributed by atoms with E-state index in [0.29, 0.717) is 34.3 Å². The molecule has 1 aliphatic rings. The molecule has 2 N–H and O–H groups in total. The molecule has 0 bridgehead atoms. The molecule has 0 saturated heterocycles. The van der Waals surface area contributed by atoms with E-state index >= 15 is 0 Å². The third kappa shape index (κ3) is 4.30. The Morgan fingerprint density at radius 3 is 2.17 bits per heavy atom. The van der Waals surface area contributed by atoms with Gasteiger partial charge in [-0.3, -0.25) is 4.79 Å². The molecule has 0 aliphatic carbocycles. The molecular formula is C25H25NO9. The Morgan fingerprint density at radius 1 is 0.943 bits per heavy atom. The maximum absolute atomic E-state index is 13.5. The number of phenolic OH excluding ortho intramolecular Hbond substituents is 1. The first-order valence-electron chi connectivity index (χ1n) is 10.6. The van der Waals surface area contributed by atoms with Crippen LogP contribution in [0.15, 0.2) is 45.6 Å². The molecule has 2 heterocycles. The number of phenols is 1. The summed E-state index contributed by atoms with van der Waals surface area (Å²) in [5.41, 5.74) is 0.403. The molecule has 10 heteroatoms. The van der Waals surface area contributed by atoms with Crippen LogP contribution in [-0.4, -0.2) is 45.6 Å². The smallest absolute Gasteiger partial charge is 0.343 e. The topological polar surface area (TPSA) is 126 Å². The Hall–Kier alpha value is -4.34. The zero-order valence-electron chi connectivity index (χ0n) is 19.8. The molecular weight excluding hydrogens is 458 g/mol. The summed E-state index contributed by atoms with van der Waals surface area (Å²) in [4.78, 5) is 26.2. The minimum absolute atomic E-state index is 0.140. The van der Waals surface area contributed by atoms with E-state index in [2.05, 4.69) is 5.32 Å². The van der Waals surface area contributed by atoms with Crippen molar-refractivity contribution in [3.05, 3.63) is 63.7 Å². The number of ether oxygens (including phenoxy) is 5. The van der Waals surface area contributed by atoms with E-state index in [0.717, 1.165) is 0 Å². The highest BCUT2D eigenvalue weighted by molar-refractivity contribution is 5.97. The number of benzene rings is 2. The van der Waals surface area contributed by atoms with Crippen molar-refractivity contribution < 1.29 is 38.0 Å². The number of rotatable bonds is 7. The van der Waals surface area contributed by atoms with Crippen molar-refractivity contribution in [2.45, 2.75) is 18.9 Å². The van der Waals surface area contributed by atoms with Gasteiger partial charge in [0.25, 0.3) is 5.91 Å². The van der Waals surface area contributed by atoms with E-state index in [1.165, 1.54) is 34.5 Å². The highest BCUT2D eigenvalue weighted by Gasteiger charge is 2.43. The van der Waals surface area contributed by atoms with Gasteiger partial charge in [-0.15, -0.1) is 0 Å². The second-order valence-electron chi connectivity index (χ2n) is 7.77. The Kier molecular flexibility index (Phi) is 6.46. The average molecular weight is 483 g/mol. The van der Waals surface area contributed by atoms with Gasteiger partial charge in [-0.1, -0.05) is 6.07 Å². The normalized spacial score (nSPS) is 16.1. The monoisotopic (exact) mass is 483 g/mol. The Labute approximate surface area is 200 Å². The SMILES string of the molecule is COc1ccc([C@@H]2c3c(cc(C)oc3=O)O[C@@H]2C(=O)Nc2cc(OC)c(OC)c(OC)c2)cc1O. The molecule has 1 aromatic heterocycles. The predicted molar refractivity (Wildman–Crippen MR) is 125 cm³/mol. The van der Waals surface area contributed by atoms with Gasteiger partial charge in [0.2, 0.25) is 5.75 Å². The number of aromatic hydroxyl groups is 1. The summed E-state index contributed by atoms with van der Waals surface area (Å²) in [7, 11) is 5.83. The zero-order chi connectivity index (χ0) is 25.3. The number of aryl methyl sites for hydroxylation is 1. The van der Waals surface area contributed by atoms with Crippen LogP contribution in [0.1, 0.15) is 22.8 Å². The van der Waals surface area contributed by atoms with Crippen LogP contribution in [-0.2, 0) is 4.79 Å². The number of methoxy groups -OCH3 is 4. The summed E-state index contributed by atoms with van der Waals surface area (Å²) in [5.74, 6) is 0.392. The maximum atomic E-state index is 13.5. The first kappa shape index (κ1) is 23.8. The van der Waals surface area contributed by atoms with E-state index in [9.17, 15) is 14.7 Å². The predicted octanol–water partition coefficient (Wildman–Crippen LogP) is 3.22. The second kappa shape index (κ2) is 9.49. The van der Waals surface area contributed by atoms with E-state index in [4.69, 9.17) is 28.1 Å². The molecule has 0 unspecified atom stereocenters. The summed E-state index contributed by atoms with van der Waals surface area (Å²) in [5, 5.41) is 13.1. The summed E-state index contributed by atoms with van der Waals surface area (Å²) in [6.45, 7) is 1.61. The van der Waals surface area contributed by atoms with Gasteiger partial charge < -0.3 is 38.5 Å².